The molecule has 2 aromatic rings. The Bertz CT molecular complexity index is 655. The van der Waals surface area contributed by atoms with Crippen LogP contribution < -0.4 is 10.9 Å². The van der Waals surface area contributed by atoms with E-state index in [9.17, 15) is 9.90 Å². The monoisotopic (exact) mass is 265 g/mol. The number of aliphatic hydroxyl groups excluding tert-OH is 1. The van der Waals surface area contributed by atoms with Crippen molar-refractivity contribution < 1.29 is 5.11 Å². The fraction of sp³-hybridized carbons (Fsp3) is 0.333. The molecule has 2 atom stereocenters. The van der Waals surface area contributed by atoms with Gasteiger partial charge in [0.15, 0.2) is 0 Å². The first kappa shape index (κ1) is 11.6. The molecule has 0 saturated carbocycles. The molecule has 0 radical (unpaired) electrons. The predicted octanol–water partition coefficient (Wildman–Crippen LogP) is 0.555. The van der Waals surface area contributed by atoms with Crippen LogP contribution in [0.5, 0.6) is 0 Å². The predicted molar refractivity (Wildman–Crippen MR) is 68.9 cm³/mol. The number of benzene rings is 1. The Kier molecular flexibility index (Phi) is 2.81. The molecule has 1 aliphatic rings. The van der Waals surface area contributed by atoms with Gasteiger partial charge in [-0.2, -0.15) is 0 Å². The Morgan fingerprint density at radius 3 is 3.00 bits per heavy atom. The zero-order valence-electron chi connectivity index (χ0n) is 9.51. The molecule has 1 aromatic carbocycles. The third-order valence-corrected chi connectivity index (χ3v) is 3.58. The van der Waals surface area contributed by atoms with Gasteiger partial charge in [0.25, 0.3) is 5.56 Å². The molecule has 2 heterocycles. The lowest BCUT2D eigenvalue weighted by atomic mass is 10.2. The molecule has 1 fully saturated rings. The number of aromatic nitrogens is 2. The number of hydrogen-bond acceptors (Lipinski definition) is 4. The molecule has 18 heavy (non-hydrogen) atoms. The van der Waals surface area contributed by atoms with Gasteiger partial charge in [-0.3, -0.25) is 9.36 Å². The van der Waals surface area contributed by atoms with Crippen LogP contribution in [0.2, 0.25) is 5.02 Å². The molecule has 0 bridgehead atoms. The summed E-state index contributed by atoms with van der Waals surface area (Å²) in [5, 5.41) is 13.7. The van der Waals surface area contributed by atoms with E-state index in [0.717, 1.165) is 0 Å². The summed E-state index contributed by atoms with van der Waals surface area (Å²) in [5.41, 5.74) is 0.363. The maximum Gasteiger partial charge on any atom is 0.263 e. The van der Waals surface area contributed by atoms with Crippen molar-refractivity contribution in [2.45, 2.75) is 12.1 Å². The Labute approximate surface area is 108 Å². The summed E-state index contributed by atoms with van der Waals surface area (Å²) in [7, 11) is 0. The molecule has 94 valence electrons. The molecular weight excluding hydrogens is 254 g/mol. The molecule has 6 heteroatoms. The Morgan fingerprint density at radius 2 is 2.28 bits per heavy atom. The van der Waals surface area contributed by atoms with Crippen molar-refractivity contribution >= 4 is 22.5 Å². The number of nitrogens with one attached hydrogen (secondary N) is 1. The molecule has 1 aromatic heterocycles. The lowest BCUT2D eigenvalue weighted by Gasteiger charge is -2.16. The molecule has 0 spiro atoms. The van der Waals surface area contributed by atoms with Gasteiger partial charge in [0.2, 0.25) is 0 Å². The van der Waals surface area contributed by atoms with E-state index in [1.54, 1.807) is 18.2 Å². The zero-order chi connectivity index (χ0) is 12.7. The molecule has 1 aliphatic heterocycles. The van der Waals surface area contributed by atoms with Crippen LogP contribution in [0.3, 0.4) is 0 Å². The summed E-state index contributed by atoms with van der Waals surface area (Å²) < 4.78 is 1.46. The number of rotatable bonds is 1. The average Bonchev–Trinajstić information content (AvgIpc) is 2.76. The summed E-state index contributed by atoms with van der Waals surface area (Å²) in [6, 6.07) is 4.88. The fourth-order valence-corrected chi connectivity index (χ4v) is 2.56. The molecule has 5 nitrogen and oxygen atoms in total. The lowest BCUT2D eigenvalue weighted by molar-refractivity contribution is 0.149. The Balaban J connectivity index is 2.23. The molecule has 0 unspecified atom stereocenters. The number of nitrogens with zero attached hydrogens (tertiary/aromatic N) is 2. The molecular formula is C12H12ClN3O2. The summed E-state index contributed by atoms with van der Waals surface area (Å²) in [4.78, 5) is 16.6. The molecule has 3 rings (SSSR count). The highest BCUT2D eigenvalue weighted by Gasteiger charge is 2.27. The van der Waals surface area contributed by atoms with E-state index in [-0.39, 0.29) is 11.6 Å². The first-order valence-electron chi connectivity index (χ1n) is 5.72. The van der Waals surface area contributed by atoms with Crippen LogP contribution in [0.4, 0.5) is 0 Å². The number of halogens is 1. The largest absolute Gasteiger partial charge is 0.390 e. The maximum atomic E-state index is 12.4. The quantitative estimate of drug-likeness (QED) is 0.791. The van der Waals surface area contributed by atoms with Crippen molar-refractivity contribution in [1.82, 2.24) is 14.9 Å². The highest BCUT2D eigenvalue weighted by Crippen LogP contribution is 2.20. The van der Waals surface area contributed by atoms with Crippen molar-refractivity contribution in [3.8, 4) is 0 Å². The van der Waals surface area contributed by atoms with E-state index in [1.165, 1.54) is 10.9 Å². The average molecular weight is 266 g/mol. The first-order valence-corrected chi connectivity index (χ1v) is 6.10. The minimum atomic E-state index is -0.579. The zero-order valence-corrected chi connectivity index (χ0v) is 10.3. The highest BCUT2D eigenvalue weighted by molar-refractivity contribution is 6.35. The number of fused-ring (bicyclic) bond motifs is 1. The normalized spacial score (nSPS) is 23.7. The summed E-state index contributed by atoms with van der Waals surface area (Å²) in [5.74, 6) is 0. The van der Waals surface area contributed by atoms with Gasteiger partial charge in [0.05, 0.1) is 34.4 Å². The standard InChI is InChI=1S/C12H12ClN3O2/c13-7-2-1-3-8-11(7)12(18)16(6-15-8)9-4-14-5-10(9)17/h1-3,6,9-10,14,17H,4-5H2/t9-,10-/m1/s1. The molecule has 1 saturated heterocycles. The lowest BCUT2D eigenvalue weighted by Crippen LogP contribution is -2.31. The second kappa shape index (κ2) is 4.35. The second-order valence-corrected chi connectivity index (χ2v) is 4.79. The van der Waals surface area contributed by atoms with Crippen LogP contribution in [-0.4, -0.2) is 33.9 Å². The van der Waals surface area contributed by atoms with Crippen molar-refractivity contribution in [2.24, 2.45) is 0 Å². The van der Waals surface area contributed by atoms with Gasteiger partial charge in [-0.05, 0) is 12.1 Å². The third kappa shape index (κ3) is 1.71. The van der Waals surface area contributed by atoms with Crippen LogP contribution in [-0.2, 0) is 0 Å². The minimum Gasteiger partial charge on any atom is -0.390 e. The molecule has 0 aliphatic carbocycles. The molecule has 0 amide bonds. The van der Waals surface area contributed by atoms with Gasteiger partial charge in [-0.1, -0.05) is 17.7 Å². The Hall–Kier alpha value is -1.43. The number of β-amino-alcohol motifs (C(OH)–C–C–N with tert-alkyl or cyclic N) is 1. The van der Waals surface area contributed by atoms with Gasteiger partial charge in [-0.25, -0.2) is 4.98 Å². The van der Waals surface area contributed by atoms with Crippen molar-refractivity contribution in [3.05, 3.63) is 39.9 Å². The summed E-state index contributed by atoms with van der Waals surface area (Å²) >= 11 is 6.05. The van der Waals surface area contributed by atoms with Gasteiger partial charge in [0.1, 0.15) is 0 Å². The van der Waals surface area contributed by atoms with Crippen LogP contribution in [0.25, 0.3) is 10.9 Å². The minimum absolute atomic E-state index is 0.210. The smallest absolute Gasteiger partial charge is 0.263 e. The summed E-state index contributed by atoms with van der Waals surface area (Å²) in [6.07, 6.45) is 0.895. The van der Waals surface area contributed by atoms with Gasteiger partial charge in [-0.15, -0.1) is 0 Å². The van der Waals surface area contributed by atoms with Gasteiger partial charge in [0, 0.05) is 13.1 Å². The third-order valence-electron chi connectivity index (χ3n) is 3.27. The van der Waals surface area contributed by atoms with Crippen molar-refractivity contribution in [3.63, 3.8) is 0 Å². The number of aliphatic hydroxyl groups is 1. The van der Waals surface area contributed by atoms with E-state index in [0.29, 0.717) is 29.0 Å². The SMILES string of the molecule is O=c1c2c(Cl)cccc2ncn1[C@@H]1CNC[C@H]1O. The molecule has 2 N–H and O–H groups in total. The number of hydrogen-bond donors (Lipinski definition) is 2. The van der Waals surface area contributed by atoms with Crippen molar-refractivity contribution in [1.29, 1.82) is 0 Å². The van der Waals surface area contributed by atoms with Crippen LogP contribution in [0.1, 0.15) is 6.04 Å². The summed E-state index contributed by atoms with van der Waals surface area (Å²) in [6.45, 7) is 1.04. The van der Waals surface area contributed by atoms with Crippen LogP contribution in [0, 0.1) is 0 Å². The maximum absolute atomic E-state index is 12.4. The van der Waals surface area contributed by atoms with E-state index in [1.807, 2.05) is 0 Å². The van der Waals surface area contributed by atoms with Crippen molar-refractivity contribution in [2.75, 3.05) is 13.1 Å². The van der Waals surface area contributed by atoms with E-state index in [4.69, 9.17) is 11.6 Å². The fourth-order valence-electron chi connectivity index (χ4n) is 2.31. The first-order chi connectivity index (χ1) is 8.68. The topological polar surface area (TPSA) is 67.2 Å². The van der Waals surface area contributed by atoms with Gasteiger partial charge >= 0.3 is 0 Å². The van der Waals surface area contributed by atoms with Crippen LogP contribution in [0.15, 0.2) is 29.3 Å². The highest BCUT2D eigenvalue weighted by atomic mass is 35.5. The van der Waals surface area contributed by atoms with Crippen LogP contribution >= 0.6 is 11.6 Å². The second-order valence-electron chi connectivity index (χ2n) is 4.38. The van der Waals surface area contributed by atoms with Gasteiger partial charge < -0.3 is 10.4 Å². The Morgan fingerprint density at radius 1 is 1.44 bits per heavy atom. The van der Waals surface area contributed by atoms with E-state index < -0.39 is 6.10 Å². The van der Waals surface area contributed by atoms with E-state index in [2.05, 4.69) is 10.3 Å². The van der Waals surface area contributed by atoms with E-state index >= 15 is 0 Å².